The van der Waals surface area contributed by atoms with Gasteiger partial charge in [0.05, 0.1) is 6.54 Å². The number of sulfonamides is 1. The number of carboxylic acid groups (broad SMARTS) is 1. The molecular formula is C10H12N4O5S. The van der Waals surface area contributed by atoms with Gasteiger partial charge in [-0.25, -0.2) is 17.9 Å². The molecule has 0 radical (unpaired) electrons. The van der Waals surface area contributed by atoms with E-state index in [9.17, 15) is 13.2 Å². The molecule has 0 spiro atoms. The molecule has 9 nitrogen and oxygen atoms in total. The summed E-state index contributed by atoms with van der Waals surface area (Å²) in [5.41, 5.74) is 0. The summed E-state index contributed by atoms with van der Waals surface area (Å²) >= 11 is 0. The number of hydrogen-bond donors (Lipinski definition) is 2. The van der Waals surface area contributed by atoms with E-state index in [1.165, 1.54) is 13.3 Å². The van der Waals surface area contributed by atoms with E-state index in [2.05, 4.69) is 14.9 Å². The summed E-state index contributed by atoms with van der Waals surface area (Å²) in [5.74, 6) is -1.33. The minimum atomic E-state index is -3.88. The van der Waals surface area contributed by atoms with Crippen LogP contribution in [0.4, 0.5) is 0 Å². The minimum Gasteiger partial charge on any atom is -0.475 e. The Morgan fingerprint density at radius 1 is 1.55 bits per heavy atom. The Balaban J connectivity index is 2.22. The van der Waals surface area contributed by atoms with Gasteiger partial charge in [-0.3, -0.25) is 0 Å². The lowest BCUT2D eigenvalue weighted by molar-refractivity contribution is 0.0661. The third kappa shape index (κ3) is 2.70. The van der Waals surface area contributed by atoms with Crippen LogP contribution >= 0.6 is 0 Å². The van der Waals surface area contributed by atoms with Gasteiger partial charge in [0.25, 0.3) is 0 Å². The molecule has 0 aliphatic heterocycles. The highest BCUT2D eigenvalue weighted by Gasteiger charge is 2.24. The second kappa shape index (κ2) is 5.06. The zero-order chi connectivity index (χ0) is 14.9. The Hall–Kier alpha value is -2.20. The number of furan rings is 1. The Morgan fingerprint density at radius 2 is 2.25 bits per heavy atom. The quantitative estimate of drug-likeness (QED) is 0.788. The summed E-state index contributed by atoms with van der Waals surface area (Å²) < 4.78 is 32.9. The molecule has 0 amide bonds. The molecular weight excluding hydrogens is 288 g/mol. The van der Waals surface area contributed by atoms with E-state index < -0.39 is 21.8 Å². The zero-order valence-corrected chi connectivity index (χ0v) is 11.5. The van der Waals surface area contributed by atoms with Crippen molar-refractivity contribution < 1.29 is 22.7 Å². The average molecular weight is 300 g/mol. The SMILES string of the molecule is Cc1oc(C(=O)O)cc1S(=O)(=O)NCc1nncn1C. The largest absolute Gasteiger partial charge is 0.475 e. The Morgan fingerprint density at radius 3 is 2.75 bits per heavy atom. The van der Waals surface area contributed by atoms with Crippen LogP contribution < -0.4 is 4.72 Å². The van der Waals surface area contributed by atoms with Gasteiger partial charge in [0.1, 0.15) is 22.8 Å². The molecule has 10 heteroatoms. The van der Waals surface area contributed by atoms with Crippen molar-refractivity contribution in [1.82, 2.24) is 19.5 Å². The molecule has 2 heterocycles. The molecule has 0 bridgehead atoms. The monoisotopic (exact) mass is 300 g/mol. The molecule has 0 saturated carbocycles. The highest BCUT2D eigenvalue weighted by molar-refractivity contribution is 7.89. The zero-order valence-electron chi connectivity index (χ0n) is 10.7. The van der Waals surface area contributed by atoms with Crippen molar-refractivity contribution in [2.24, 2.45) is 7.05 Å². The number of carboxylic acids is 1. The maximum Gasteiger partial charge on any atom is 0.371 e. The highest BCUT2D eigenvalue weighted by Crippen LogP contribution is 2.20. The summed E-state index contributed by atoms with van der Waals surface area (Å²) in [6.45, 7) is 1.31. The summed E-state index contributed by atoms with van der Waals surface area (Å²) in [5, 5.41) is 16.1. The molecule has 2 N–H and O–H groups in total. The number of nitrogens with one attached hydrogen (secondary N) is 1. The number of nitrogens with zero attached hydrogens (tertiary/aromatic N) is 3. The Bertz CT molecular complexity index is 746. The molecule has 0 aromatic carbocycles. The van der Waals surface area contributed by atoms with E-state index in [4.69, 9.17) is 9.52 Å². The van der Waals surface area contributed by atoms with Crippen molar-refractivity contribution in [3.63, 3.8) is 0 Å². The van der Waals surface area contributed by atoms with Crippen molar-refractivity contribution >= 4 is 16.0 Å². The number of rotatable bonds is 5. The predicted molar refractivity (Wildman–Crippen MR) is 65.4 cm³/mol. The van der Waals surface area contributed by atoms with Crippen molar-refractivity contribution in [1.29, 1.82) is 0 Å². The second-order valence-corrected chi connectivity index (χ2v) is 5.75. The van der Waals surface area contributed by atoms with Gasteiger partial charge >= 0.3 is 5.97 Å². The topological polar surface area (TPSA) is 127 Å². The van der Waals surface area contributed by atoms with Gasteiger partial charge in [-0.15, -0.1) is 10.2 Å². The van der Waals surface area contributed by atoms with Gasteiger partial charge in [0.15, 0.2) is 0 Å². The molecule has 2 rings (SSSR count). The van der Waals surface area contributed by atoms with Crippen molar-refractivity contribution in [2.45, 2.75) is 18.4 Å². The first-order valence-electron chi connectivity index (χ1n) is 5.47. The third-order valence-electron chi connectivity index (χ3n) is 2.60. The molecule has 0 unspecified atom stereocenters. The fourth-order valence-corrected chi connectivity index (χ4v) is 2.70. The van der Waals surface area contributed by atoms with E-state index in [1.807, 2.05) is 0 Å². The molecule has 2 aromatic heterocycles. The lowest BCUT2D eigenvalue weighted by atomic mass is 10.4. The molecule has 0 aliphatic carbocycles. The van der Waals surface area contributed by atoms with Crippen molar-refractivity contribution in [2.75, 3.05) is 0 Å². The molecule has 20 heavy (non-hydrogen) atoms. The summed E-state index contributed by atoms with van der Waals surface area (Å²) in [6, 6.07) is 0.969. The van der Waals surface area contributed by atoms with E-state index in [0.29, 0.717) is 5.82 Å². The summed E-state index contributed by atoms with van der Waals surface area (Å²) in [7, 11) is -2.21. The van der Waals surface area contributed by atoms with Crippen LogP contribution in [0.15, 0.2) is 21.7 Å². The van der Waals surface area contributed by atoms with Crippen LogP contribution in [-0.2, 0) is 23.6 Å². The van der Waals surface area contributed by atoms with Gasteiger partial charge in [0.2, 0.25) is 15.8 Å². The third-order valence-corrected chi connectivity index (χ3v) is 4.11. The first-order chi connectivity index (χ1) is 9.31. The molecule has 0 fully saturated rings. The summed E-state index contributed by atoms with van der Waals surface area (Å²) in [4.78, 5) is 10.5. The normalized spacial score (nSPS) is 11.7. The molecule has 0 aliphatic rings. The number of aromatic nitrogens is 3. The predicted octanol–water partition coefficient (Wildman–Crippen LogP) is -0.107. The Labute approximate surface area is 114 Å². The molecule has 108 valence electrons. The van der Waals surface area contributed by atoms with Crippen LogP contribution in [0.1, 0.15) is 22.1 Å². The number of hydrogen-bond acceptors (Lipinski definition) is 6. The second-order valence-electron chi connectivity index (χ2n) is 4.02. The van der Waals surface area contributed by atoms with Gasteiger partial charge in [-0.1, -0.05) is 0 Å². The molecule has 0 saturated heterocycles. The van der Waals surface area contributed by atoms with Gasteiger partial charge in [-0.05, 0) is 6.92 Å². The lowest BCUT2D eigenvalue weighted by Crippen LogP contribution is -2.25. The molecule has 2 aromatic rings. The Kier molecular flexibility index (Phi) is 3.59. The minimum absolute atomic E-state index is 0.00728. The van der Waals surface area contributed by atoms with Crippen molar-refractivity contribution in [3.05, 3.63) is 29.7 Å². The number of aryl methyl sites for hydroxylation is 2. The van der Waals surface area contributed by atoms with Gasteiger partial charge in [-0.2, -0.15) is 0 Å². The average Bonchev–Trinajstić information content (AvgIpc) is 2.93. The van der Waals surface area contributed by atoms with Crippen LogP contribution in [-0.4, -0.2) is 34.3 Å². The van der Waals surface area contributed by atoms with Crippen LogP contribution in [0.25, 0.3) is 0 Å². The smallest absolute Gasteiger partial charge is 0.371 e. The van der Waals surface area contributed by atoms with Gasteiger partial charge in [0, 0.05) is 13.1 Å². The van der Waals surface area contributed by atoms with Crippen LogP contribution in [0, 0.1) is 6.92 Å². The maximum atomic E-state index is 12.1. The maximum absolute atomic E-state index is 12.1. The van der Waals surface area contributed by atoms with E-state index in [-0.39, 0.29) is 17.2 Å². The standard InChI is InChI=1S/C10H12N4O5S/c1-6-8(3-7(19-6)10(15)16)20(17,18)12-4-9-13-11-5-14(9)2/h3,5,12H,4H2,1-2H3,(H,15,16). The van der Waals surface area contributed by atoms with Crippen LogP contribution in [0.2, 0.25) is 0 Å². The summed E-state index contributed by atoms with van der Waals surface area (Å²) in [6.07, 6.45) is 1.44. The fourth-order valence-electron chi connectivity index (χ4n) is 1.54. The van der Waals surface area contributed by atoms with Crippen LogP contribution in [0.3, 0.4) is 0 Å². The van der Waals surface area contributed by atoms with Crippen molar-refractivity contribution in [3.8, 4) is 0 Å². The first-order valence-corrected chi connectivity index (χ1v) is 6.96. The number of carbonyl (C=O) groups is 1. The van der Waals surface area contributed by atoms with E-state index >= 15 is 0 Å². The van der Waals surface area contributed by atoms with E-state index in [0.717, 1.165) is 6.07 Å². The molecule has 0 atom stereocenters. The number of aromatic carboxylic acids is 1. The van der Waals surface area contributed by atoms with Gasteiger partial charge < -0.3 is 14.1 Å². The first kappa shape index (κ1) is 14.2. The van der Waals surface area contributed by atoms with E-state index in [1.54, 1.807) is 11.6 Å². The van der Waals surface area contributed by atoms with Crippen LogP contribution in [0.5, 0.6) is 0 Å². The highest BCUT2D eigenvalue weighted by atomic mass is 32.2. The fraction of sp³-hybridized carbons (Fsp3) is 0.300. The lowest BCUT2D eigenvalue weighted by Gasteiger charge is -2.04.